The summed E-state index contributed by atoms with van der Waals surface area (Å²) in [6.07, 6.45) is 0. The molecule has 0 bridgehead atoms. The van der Waals surface area contributed by atoms with Crippen LogP contribution in [-0.2, 0) is 5.41 Å². The summed E-state index contributed by atoms with van der Waals surface area (Å²) in [6, 6.07) is 86.1. The SMILES string of the molecule is c1ccc(-c2ccc(-c3c4ccccc4c(-c4ccc5c(c4)nc(-c4ccccc4)c4ccc6c(c45)Oc4ccccc4C64c5ccccc5-c5ccccc54)c4ccccc34)cc2)cc1. The molecule has 0 radical (unpaired) electrons. The van der Waals surface area contributed by atoms with Crippen molar-refractivity contribution in [3.05, 3.63) is 259 Å². The van der Waals surface area contributed by atoms with E-state index in [0.717, 1.165) is 61.1 Å². The molecule has 1 spiro atoms. The standard InChI is InChI=1S/C64H39NO/c1-3-17-40(18-4-1)41-31-33-42(34-32-41)59-47-23-7-9-25-49(47)60(50-26-10-8-24-48(50)59)44-35-36-51-57(39-44)65-62(43-19-5-2-6-20-43)52-37-38-56-63(61(51)52)66-58-30-16-15-29-55(58)64(56)53-27-13-11-21-45(53)46-22-12-14-28-54(46)64/h1-39H. The van der Waals surface area contributed by atoms with Crippen molar-refractivity contribution in [2.24, 2.45) is 0 Å². The number of para-hydroxylation sites is 1. The highest BCUT2D eigenvalue weighted by Gasteiger charge is 2.51. The Hall–Kier alpha value is -8.59. The van der Waals surface area contributed by atoms with Crippen LogP contribution in [0.25, 0.3) is 99.0 Å². The van der Waals surface area contributed by atoms with Crippen LogP contribution in [0.3, 0.4) is 0 Å². The van der Waals surface area contributed by atoms with Crippen molar-refractivity contribution in [2.75, 3.05) is 0 Å². The molecule has 2 nitrogen and oxygen atoms in total. The Labute approximate surface area is 382 Å². The molecule has 0 unspecified atom stereocenters. The van der Waals surface area contributed by atoms with E-state index in [0.29, 0.717) is 0 Å². The van der Waals surface area contributed by atoms with E-state index in [2.05, 4.69) is 237 Å². The number of benzene rings is 11. The lowest BCUT2D eigenvalue weighted by atomic mass is 9.65. The number of hydrogen-bond donors (Lipinski definition) is 0. The number of pyridine rings is 1. The summed E-state index contributed by atoms with van der Waals surface area (Å²) in [5.74, 6) is 1.76. The van der Waals surface area contributed by atoms with Crippen molar-refractivity contribution in [1.29, 1.82) is 0 Å². The molecule has 12 aromatic rings. The third-order valence-electron chi connectivity index (χ3n) is 14.3. The molecule has 0 N–H and O–H groups in total. The lowest BCUT2D eigenvalue weighted by Gasteiger charge is -2.40. The van der Waals surface area contributed by atoms with Crippen LogP contribution < -0.4 is 4.74 Å². The second kappa shape index (κ2) is 14.2. The summed E-state index contributed by atoms with van der Waals surface area (Å²) >= 11 is 0. The Kier molecular flexibility index (Phi) is 7.93. The smallest absolute Gasteiger partial charge is 0.140 e. The second-order valence-corrected chi connectivity index (χ2v) is 17.6. The molecular weight excluding hydrogens is 799 g/mol. The molecule has 1 aromatic heterocycles. The first-order valence-electron chi connectivity index (χ1n) is 22.8. The first kappa shape index (κ1) is 36.8. The fourth-order valence-corrected chi connectivity index (χ4v) is 11.6. The minimum Gasteiger partial charge on any atom is -0.456 e. The van der Waals surface area contributed by atoms with Gasteiger partial charge in [0.2, 0.25) is 0 Å². The van der Waals surface area contributed by atoms with Crippen LogP contribution in [-0.4, -0.2) is 4.98 Å². The molecule has 2 aliphatic rings. The average Bonchev–Trinajstić information content (AvgIpc) is 3.68. The minimum absolute atomic E-state index is 0.574. The van der Waals surface area contributed by atoms with E-state index in [1.165, 1.54) is 71.6 Å². The molecule has 1 aliphatic carbocycles. The molecule has 66 heavy (non-hydrogen) atoms. The molecular formula is C64H39NO. The highest BCUT2D eigenvalue weighted by molar-refractivity contribution is 6.22. The van der Waals surface area contributed by atoms with Gasteiger partial charge in [-0.15, -0.1) is 0 Å². The molecule has 0 atom stereocenters. The van der Waals surface area contributed by atoms with E-state index in [1.807, 2.05) is 0 Å². The summed E-state index contributed by atoms with van der Waals surface area (Å²) < 4.78 is 7.30. The molecule has 14 rings (SSSR count). The van der Waals surface area contributed by atoms with Crippen LogP contribution in [0.5, 0.6) is 11.5 Å². The van der Waals surface area contributed by atoms with Gasteiger partial charge < -0.3 is 4.74 Å². The summed E-state index contributed by atoms with van der Waals surface area (Å²) in [6.45, 7) is 0. The topological polar surface area (TPSA) is 22.1 Å². The van der Waals surface area contributed by atoms with Gasteiger partial charge in [0.25, 0.3) is 0 Å². The van der Waals surface area contributed by atoms with Crippen LogP contribution in [0, 0.1) is 0 Å². The predicted molar refractivity (Wildman–Crippen MR) is 273 cm³/mol. The van der Waals surface area contributed by atoms with E-state index in [1.54, 1.807) is 0 Å². The zero-order valence-electron chi connectivity index (χ0n) is 35.9. The normalized spacial score (nSPS) is 13.1. The molecule has 2 heteroatoms. The van der Waals surface area contributed by atoms with E-state index in [9.17, 15) is 0 Å². The van der Waals surface area contributed by atoms with Gasteiger partial charge in [-0.25, -0.2) is 4.98 Å². The molecule has 0 amide bonds. The van der Waals surface area contributed by atoms with Gasteiger partial charge in [-0.3, -0.25) is 0 Å². The summed E-state index contributed by atoms with van der Waals surface area (Å²) in [7, 11) is 0. The van der Waals surface area contributed by atoms with Gasteiger partial charge in [-0.1, -0.05) is 224 Å². The number of aromatic nitrogens is 1. The number of fused-ring (bicyclic) bond motifs is 15. The highest BCUT2D eigenvalue weighted by Crippen LogP contribution is 2.63. The van der Waals surface area contributed by atoms with E-state index < -0.39 is 5.41 Å². The number of hydrogen-bond acceptors (Lipinski definition) is 2. The summed E-state index contributed by atoms with van der Waals surface area (Å²) in [5, 5.41) is 8.05. The van der Waals surface area contributed by atoms with E-state index >= 15 is 0 Å². The number of ether oxygens (including phenoxy) is 1. The monoisotopic (exact) mass is 837 g/mol. The third-order valence-corrected chi connectivity index (χ3v) is 14.3. The quantitative estimate of drug-likeness (QED) is 0.130. The fraction of sp³-hybridized carbons (Fsp3) is 0.0156. The molecule has 306 valence electrons. The first-order valence-corrected chi connectivity index (χ1v) is 22.8. The minimum atomic E-state index is -0.574. The molecule has 11 aromatic carbocycles. The largest absolute Gasteiger partial charge is 0.456 e. The van der Waals surface area contributed by atoms with Crippen molar-refractivity contribution in [3.63, 3.8) is 0 Å². The van der Waals surface area contributed by atoms with E-state index in [4.69, 9.17) is 9.72 Å². The third kappa shape index (κ3) is 5.15. The number of nitrogens with zero attached hydrogens (tertiary/aromatic N) is 1. The maximum absolute atomic E-state index is 7.30. The Bertz CT molecular complexity index is 3840. The van der Waals surface area contributed by atoms with Crippen molar-refractivity contribution < 1.29 is 4.74 Å². The van der Waals surface area contributed by atoms with Gasteiger partial charge >= 0.3 is 0 Å². The summed E-state index contributed by atoms with van der Waals surface area (Å²) in [5.41, 5.74) is 16.9. The highest BCUT2D eigenvalue weighted by atomic mass is 16.5. The maximum atomic E-state index is 7.30. The molecule has 0 fully saturated rings. The molecule has 1 aliphatic heterocycles. The van der Waals surface area contributed by atoms with Crippen LogP contribution in [0.2, 0.25) is 0 Å². The van der Waals surface area contributed by atoms with Gasteiger partial charge in [-0.05, 0) is 89.3 Å². The van der Waals surface area contributed by atoms with Gasteiger partial charge in [0.1, 0.15) is 11.5 Å². The number of rotatable bonds is 4. The molecule has 0 saturated carbocycles. The van der Waals surface area contributed by atoms with Gasteiger partial charge in [0.05, 0.1) is 16.6 Å². The van der Waals surface area contributed by atoms with Gasteiger partial charge in [0, 0.05) is 32.8 Å². The van der Waals surface area contributed by atoms with E-state index in [-0.39, 0.29) is 0 Å². The van der Waals surface area contributed by atoms with Crippen LogP contribution in [0.4, 0.5) is 0 Å². The zero-order valence-corrected chi connectivity index (χ0v) is 35.9. The van der Waals surface area contributed by atoms with Crippen LogP contribution in [0.1, 0.15) is 22.3 Å². The Morgan fingerprint density at radius 3 is 1.42 bits per heavy atom. The Balaban J connectivity index is 1.04. The lowest BCUT2D eigenvalue weighted by Crippen LogP contribution is -2.32. The Morgan fingerprint density at radius 2 is 0.788 bits per heavy atom. The zero-order chi connectivity index (χ0) is 43.3. The lowest BCUT2D eigenvalue weighted by molar-refractivity contribution is 0.442. The van der Waals surface area contributed by atoms with Crippen molar-refractivity contribution in [1.82, 2.24) is 4.98 Å². The van der Waals surface area contributed by atoms with Gasteiger partial charge in [-0.2, -0.15) is 0 Å². The van der Waals surface area contributed by atoms with Crippen molar-refractivity contribution in [3.8, 4) is 67.3 Å². The molecule has 0 saturated heterocycles. The summed E-state index contributed by atoms with van der Waals surface area (Å²) in [4.78, 5) is 5.62. The first-order chi connectivity index (χ1) is 32.8. The maximum Gasteiger partial charge on any atom is 0.140 e. The van der Waals surface area contributed by atoms with Crippen LogP contribution in [0.15, 0.2) is 237 Å². The second-order valence-electron chi connectivity index (χ2n) is 17.6. The Morgan fingerprint density at radius 1 is 0.318 bits per heavy atom. The molecule has 2 heterocycles. The fourth-order valence-electron chi connectivity index (χ4n) is 11.6. The van der Waals surface area contributed by atoms with Crippen molar-refractivity contribution >= 4 is 43.2 Å². The van der Waals surface area contributed by atoms with Gasteiger partial charge in [0.15, 0.2) is 0 Å². The predicted octanol–water partition coefficient (Wildman–Crippen LogP) is 16.8. The van der Waals surface area contributed by atoms with Crippen molar-refractivity contribution in [2.45, 2.75) is 5.41 Å². The average molecular weight is 838 g/mol. The van der Waals surface area contributed by atoms with Crippen LogP contribution >= 0.6 is 0 Å².